The molecule has 0 saturated heterocycles. The average molecular weight is 508 g/mol. The first-order valence-corrected chi connectivity index (χ1v) is 12.9. The van der Waals surface area contributed by atoms with Gasteiger partial charge in [-0.25, -0.2) is 4.79 Å². The van der Waals surface area contributed by atoms with Crippen LogP contribution in [-0.4, -0.2) is 23.2 Å². The third-order valence-electron chi connectivity index (χ3n) is 6.99. The number of para-hydroxylation sites is 1. The summed E-state index contributed by atoms with van der Waals surface area (Å²) in [7, 11) is 1.64. The van der Waals surface area contributed by atoms with E-state index in [1.807, 2.05) is 60.7 Å². The fourth-order valence-electron chi connectivity index (χ4n) is 5.07. The van der Waals surface area contributed by atoms with Crippen molar-refractivity contribution in [3.8, 4) is 28.4 Å². The van der Waals surface area contributed by atoms with Crippen molar-refractivity contribution < 1.29 is 19.4 Å². The lowest BCUT2D eigenvalue weighted by Gasteiger charge is -2.22. The van der Waals surface area contributed by atoms with Gasteiger partial charge in [0.15, 0.2) is 0 Å². The number of aromatic nitrogens is 1. The summed E-state index contributed by atoms with van der Waals surface area (Å²) in [6, 6.07) is 22.9. The van der Waals surface area contributed by atoms with Crippen LogP contribution in [-0.2, 0) is 5.41 Å². The van der Waals surface area contributed by atoms with Crippen LogP contribution >= 0.6 is 0 Å². The van der Waals surface area contributed by atoms with E-state index in [1.54, 1.807) is 19.2 Å². The molecule has 0 fully saturated rings. The molecule has 0 amide bonds. The molecule has 0 spiro atoms. The van der Waals surface area contributed by atoms with E-state index < -0.39 is 5.97 Å². The Morgan fingerprint density at radius 3 is 2.32 bits per heavy atom. The Morgan fingerprint density at radius 2 is 1.61 bits per heavy atom. The Morgan fingerprint density at radius 1 is 0.895 bits per heavy atom. The van der Waals surface area contributed by atoms with Crippen molar-refractivity contribution in [2.75, 3.05) is 7.11 Å². The molecular formula is C33H33NO4. The number of H-pyrrole nitrogens is 1. The number of phenolic OH excluding ortho intramolecular Hbond substituents is 1. The molecule has 1 aromatic heterocycles. The van der Waals surface area contributed by atoms with Gasteiger partial charge in [-0.3, -0.25) is 0 Å². The van der Waals surface area contributed by atoms with Gasteiger partial charge in [0.2, 0.25) is 0 Å². The van der Waals surface area contributed by atoms with Gasteiger partial charge in [-0.2, -0.15) is 0 Å². The Balaban J connectivity index is 1.79. The molecule has 0 radical (unpaired) electrons. The van der Waals surface area contributed by atoms with Gasteiger partial charge < -0.3 is 19.6 Å². The van der Waals surface area contributed by atoms with Crippen LogP contribution in [0.25, 0.3) is 32.8 Å². The number of methoxy groups -OCH3 is 1. The molecule has 5 heteroatoms. The molecule has 0 aliphatic rings. The normalized spacial score (nSPS) is 11.9. The molecule has 194 valence electrons. The van der Waals surface area contributed by atoms with Gasteiger partial charge in [-0.1, -0.05) is 77.1 Å². The lowest BCUT2D eigenvalue weighted by atomic mass is 9.84. The minimum Gasteiger partial charge on any atom is -0.506 e. The van der Waals surface area contributed by atoms with Gasteiger partial charge in [-0.05, 0) is 52.6 Å². The Bertz CT molecular complexity index is 1670. The Kier molecular flexibility index (Phi) is 6.39. The first-order valence-electron chi connectivity index (χ1n) is 12.9. The first kappa shape index (κ1) is 25.4. The molecular weight excluding hydrogens is 474 g/mol. The topological polar surface area (TPSA) is 71.5 Å². The zero-order valence-corrected chi connectivity index (χ0v) is 22.7. The predicted molar refractivity (Wildman–Crippen MR) is 154 cm³/mol. The summed E-state index contributed by atoms with van der Waals surface area (Å²) in [6.07, 6.45) is 0. The SMILES string of the molecule is COc1ccc2[nH]c(C(C)(C)C)c(-c3c(O)c(C(=O)Oc4ccccc4C(C)C)cc4ccccc34)c2c1. The number of hydrogen-bond donors (Lipinski definition) is 2. The number of benzene rings is 4. The predicted octanol–water partition coefficient (Wildman–Crippen LogP) is 8.34. The number of ether oxygens (including phenoxy) is 2. The van der Waals surface area contributed by atoms with E-state index in [2.05, 4.69) is 39.6 Å². The second kappa shape index (κ2) is 9.56. The average Bonchev–Trinajstić information content (AvgIpc) is 3.27. The number of nitrogens with one attached hydrogen (secondary N) is 1. The standard InChI is InChI=1S/C33H33NO4/c1-19(2)22-12-9-10-14-27(22)38-32(36)25-17-20-11-7-8-13-23(20)28(30(25)35)29-24-18-21(37-6)15-16-26(24)34-31(29)33(3,4)5/h7-19,34-35H,1-6H3. The van der Waals surface area contributed by atoms with Crippen LogP contribution in [0, 0.1) is 0 Å². The largest absolute Gasteiger partial charge is 0.506 e. The van der Waals surface area contributed by atoms with Gasteiger partial charge in [0.05, 0.1) is 7.11 Å². The fraction of sp³-hybridized carbons (Fsp3) is 0.242. The van der Waals surface area contributed by atoms with Crippen LogP contribution < -0.4 is 9.47 Å². The number of fused-ring (bicyclic) bond motifs is 2. The second-order valence-corrected chi connectivity index (χ2v) is 11.0. The molecule has 0 atom stereocenters. The van der Waals surface area contributed by atoms with Crippen molar-refractivity contribution in [1.29, 1.82) is 0 Å². The summed E-state index contributed by atoms with van der Waals surface area (Å²) in [5.41, 5.74) is 4.09. The van der Waals surface area contributed by atoms with Crippen LogP contribution in [0.15, 0.2) is 72.8 Å². The molecule has 5 rings (SSSR count). The van der Waals surface area contributed by atoms with Gasteiger partial charge in [0.25, 0.3) is 0 Å². The summed E-state index contributed by atoms with van der Waals surface area (Å²) in [5, 5.41) is 14.4. The molecule has 5 nitrogen and oxygen atoms in total. The van der Waals surface area contributed by atoms with Gasteiger partial charge >= 0.3 is 5.97 Å². The van der Waals surface area contributed by atoms with Gasteiger partial charge in [0, 0.05) is 33.1 Å². The van der Waals surface area contributed by atoms with Crippen molar-refractivity contribution in [1.82, 2.24) is 4.98 Å². The van der Waals surface area contributed by atoms with Crippen molar-refractivity contribution >= 4 is 27.6 Å². The number of aromatic amines is 1. The maximum atomic E-state index is 13.6. The summed E-state index contributed by atoms with van der Waals surface area (Å²) >= 11 is 0. The molecule has 1 heterocycles. The molecule has 0 aliphatic heterocycles. The lowest BCUT2D eigenvalue weighted by Crippen LogP contribution is -2.14. The quantitative estimate of drug-likeness (QED) is 0.185. The maximum Gasteiger partial charge on any atom is 0.347 e. The van der Waals surface area contributed by atoms with E-state index in [1.165, 1.54) is 0 Å². The van der Waals surface area contributed by atoms with Crippen molar-refractivity contribution in [3.05, 3.63) is 89.6 Å². The molecule has 0 unspecified atom stereocenters. The van der Waals surface area contributed by atoms with Gasteiger partial charge in [0.1, 0.15) is 22.8 Å². The molecule has 2 N–H and O–H groups in total. The van der Waals surface area contributed by atoms with Crippen molar-refractivity contribution in [2.24, 2.45) is 0 Å². The second-order valence-electron chi connectivity index (χ2n) is 11.0. The third-order valence-corrected chi connectivity index (χ3v) is 6.99. The number of rotatable bonds is 5. The van der Waals surface area contributed by atoms with E-state index in [0.29, 0.717) is 17.1 Å². The smallest absolute Gasteiger partial charge is 0.347 e. The number of aromatic hydroxyl groups is 1. The van der Waals surface area contributed by atoms with Crippen LogP contribution in [0.4, 0.5) is 0 Å². The van der Waals surface area contributed by atoms with E-state index in [4.69, 9.17) is 9.47 Å². The Labute approximate surface area is 223 Å². The molecule has 4 aromatic carbocycles. The molecule has 38 heavy (non-hydrogen) atoms. The zero-order chi connectivity index (χ0) is 27.2. The summed E-state index contributed by atoms with van der Waals surface area (Å²) < 4.78 is 11.4. The van der Waals surface area contributed by atoms with Crippen molar-refractivity contribution in [2.45, 2.75) is 46.0 Å². The van der Waals surface area contributed by atoms with Crippen LogP contribution in [0.3, 0.4) is 0 Å². The van der Waals surface area contributed by atoms with E-state index in [0.717, 1.165) is 38.5 Å². The molecule has 0 aliphatic carbocycles. The zero-order valence-electron chi connectivity index (χ0n) is 22.7. The first-order chi connectivity index (χ1) is 18.1. The van der Waals surface area contributed by atoms with E-state index >= 15 is 0 Å². The van der Waals surface area contributed by atoms with E-state index in [-0.39, 0.29) is 22.6 Å². The summed E-state index contributed by atoms with van der Waals surface area (Å²) in [5.74, 6) is 0.675. The fourth-order valence-corrected chi connectivity index (χ4v) is 5.07. The minimum absolute atomic E-state index is 0.107. The summed E-state index contributed by atoms with van der Waals surface area (Å²) in [4.78, 5) is 17.2. The third kappa shape index (κ3) is 4.38. The van der Waals surface area contributed by atoms with E-state index in [9.17, 15) is 9.90 Å². The number of carbonyl (C=O) groups is 1. The van der Waals surface area contributed by atoms with Crippen LogP contribution in [0.1, 0.15) is 62.2 Å². The lowest BCUT2D eigenvalue weighted by molar-refractivity contribution is 0.0730. The molecule has 5 aromatic rings. The Hall–Kier alpha value is -4.25. The minimum atomic E-state index is -0.600. The highest BCUT2D eigenvalue weighted by molar-refractivity contribution is 6.13. The monoisotopic (exact) mass is 507 g/mol. The number of phenols is 1. The van der Waals surface area contributed by atoms with Crippen molar-refractivity contribution in [3.63, 3.8) is 0 Å². The highest BCUT2D eigenvalue weighted by atomic mass is 16.5. The maximum absolute atomic E-state index is 13.6. The van der Waals surface area contributed by atoms with Crippen LogP contribution in [0.5, 0.6) is 17.2 Å². The van der Waals surface area contributed by atoms with Crippen LogP contribution in [0.2, 0.25) is 0 Å². The summed E-state index contributed by atoms with van der Waals surface area (Å²) in [6.45, 7) is 10.5. The number of hydrogen-bond acceptors (Lipinski definition) is 4. The highest BCUT2D eigenvalue weighted by Crippen LogP contribution is 2.47. The molecule has 0 saturated carbocycles. The van der Waals surface area contributed by atoms with Gasteiger partial charge in [-0.15, -0.1) is 0 Å². The highest BCUT2D eigenvalue weighted by Gasteiger charge is 2.29. The number of carbonyl (C=O) groups excluding carboxylic acids is 1. The number of esters is 1. The molecule has 0 bridgehead atoms.